The lowest BCUT2D eigenvalue weighted by molar-refractivity contribution is -0.135. The highest BCUT2D eigenvalue weighted by atomic mass is 16.5. The first kappa shape index (κ1) is 17.9. The summed E-state index contributed by atoms with van der Waals surface area (Å²) < 4.78 is 10.8. The zero-order valence-corrected chi connectivity index (χ0v) is 15.1. The number of methoxy groups -OCH3 is 1. The number of aryl methyl sites for hydroxylation is 1. The molecule has 2 aromatic rings. The Bertz CT molecular complexity index is 817. The molecule has 8 nitrogen and oxygen atoms in total. The lowest BCUT2D eigenvalue weighted by Gasteiger charge is -2.29. The van der Waals surface area contributed by atoms with Gasteiger partial charge in [-0.1, -0.05) is 6.92 Å². The highest BCUT2D eigenvalue weighted by Crippen LogP contribution is 2.36. The number of nitrogens with zero attached hydrogens (tertiary/aromatic N) is 3. The monoisotopic (exact) mass is 358 g/mol. The molecule has 0 saturated heterocycles. The van der Waals surface area contributed by atoms with E-state index in [0.717, 1.165) is 5.56 Å². The molecule has 0 unspecified atom stereocenters. The van der Waals surface area contributed by atoms with Crippen LogP contribution in [-0.4, -0.2) is 40.6 Å². The van der Waals surface area contributed by atoms with E-state index in [1.807, 2.05) is 13.8 Å². The van der Waals surface area contributed by atoms with Crippen LogP contribution in [0.25, 0.3) is 0 Å². The molecule has 0 bridgehead atoms. The minimum absolute atomic E-state index is 0.0968. The fourth-order valence-corrected chi connectivity index (χ4v) is 3.01. The Hall–Kier alpha value is -2.90. The first-order valence-electron chi connectivity index (χ1n) is 8.63. The first-order chi connectivity index (χ1) is 12.5. The smallest absolute Gasteiger partial charge is 0.235 e. The van der Waals surface area contributed by atoms with E-state index >= 15 is 0 Å². The van der Waals surface area contributed by atoms with E-state index in [1.54, 1.807) is 30.2 Å². The van der Waals surface area contributed by atoms with Crippen LogP contribution in [0.1, 0.15) is 43.5 Å². The molecule has 0 spiro atoms. The number of hydrogen-bond donors (Lipinski definition) is 1. The van der Waals surface area contributed by atoms with Gasteiger partial charge in [-0.15, -0.1) is 10.2 Å². The molecule has 26 heavy (non-hydrogen) atoms. The van der Waals surface area contributed by atoms with Crippen molar-refractivity contribution >= 4 is 17.5 Å². The summed E-state index contributed by atoms with van der Waals surface area (Å²) in [7, 11) is 1.57. The summed E-state index contributed by atoms with van der Waals surface area (Å²) in [4.78, 5) is 26.8. The largest absolute Gasteiger partial charge is 0.497 e. The predicted molar refractivity (Wildman–Crippen MR) is 93.7 cm³/mol. The number of nitrogens with one attached hydrogen (secondary N) is 1. The van der Waals surface area contributed by atoms with E-state index in [0.29, 0.717) is 36.2 Å². The van der Waals surface area contributed by atoms with Gasteiger partial charge >= 0.3 is 0 Å². The lowest BCUT2D eigenvalue weighted by atomic mass is 9.89. The molecule has 8 heteroatoms. The van der Waals surface area contributed by atoms with E-state index < -0.39 is 5.92 Å². The Balaban J connectivity index is 1.86. The summed E-state index contributed by atoms with van der Waals surface area (Å²) in [6, 6.07) is 5.31. The number of amides is 2. The molecule has 0 fully saturated rings. The van der Waals surface area contributed by atoms with Crippen molar-refractivity contribution in [1.82, 2.24) is 15.1 Å². The zero-order chi connectivity index (χ0) is 18.7. The number of hydrogen-bond acceptors (Lipinski definition) is 6. The second-order valence-corrected chi connectivity index (χ2v) is 6.05. The Morgan fingerprint density at radius 2 is 2.12 bits per heavy atom. The van der Waals surface area contributed by atoms with E-state index in [2.05, 4.69) is 15.5 Å². The Morgan fingerprint density at radius 3 is 2.77 bits per heavy atom. The van der Waals surface area contributed by atoms with Gasteiger partial charge in [-0.05, 0) is 30.7 Å². The third-order valence-corrected chi connectivity index (χ3v) is 4.43. The van der Waals surface area contributed by atoms with Gasteiger partial charge in [0.25, 0.3) is 0 Å². The van der Waals surface area contributed by atoms with Crippen LogP contribution in [0, 0.1) is 0 Å². The third-order valence-electron chi connectivity index (χ3n) is 4.43. The Kier molecular flexibility index (Phi) is 5.20. The van der Waals surface area contributed by atoms with Gasteiger partial charge in [0.1, 0.15) is 5.75 Å². The number of likely N-dealkylation sites (N-methyl/N-ethyl adjacent to an activating group) is 1. The maximum Gasteiger partial charge on any atom is 0.235 e. The second-order valence-electron chi connectivity index (χ2n) is 6.05. The van der Waals surface area contributed by atoms with Crippen molar-refractivity contribution in [2.24, 2.45) is 0 Å². The van der Waals surface area contributed by atoms with Crippen molar-refractivity contribution in [2.75, 3.05) is 19.0 Å². The molecule has 1 aliphatic rings. The average Bonchev–Trinajstić information content (AvgIpc) is 3.12. The molecule has 1 atom stereocenters. The normalized spacial score (nSPS) is 16.0. The summed E-state index contributed by atoms with van der Waals surface area (Å²) in [6.07, 6.45) is 0.739. The van der Waals surface area contributed by atoms with E-state index in [9.17, 15) is 9.59 Å². The summed E-state index contributed by atoms with van der Waals surface area (Å²) in [5, 5.41) is 10.7. The molecular weight excluding hydrogens is 336 g/mol. The molecule has 0 saturated carbocycles. The molecule has 3 rings (SSSR count). The highest BCUT2D eigenvalue weighted by Gasteiger charge is 2.34. The molecule has 138 valence electrons. The van der Waals surface area contributed by atoms with Gasteiger partial charge in [-0.3, -0.25) is 9.59 Å². The van der Waals surface area contributed by atoms with Crippen molar-refractivity contribution in [1.29, 1.82) is 0 Å². The van der Waals surface area contributed by atoms with Crippen LogP contribution in [0.15, 0.2) is 22.6 Å². The number of ether oxygens (including phenoxy) is 1. The number of benzene rings is 1. The van der Waals surface area contributed by atoms with E-state index in [4.69, 9.17) is 9.15 Å². The maximum atomic E-state index is 13.1. The van der Waals surface area contributed by atoms with Crippen molar-refractivity contribution in [3.8, 4) is 5.75 Å². The molecule has 1 N–H and O–H groups in total. The summed E-state index contributed by atoms with van der Waals surface area (Å²) in [5.74, 6) is 0.683. The average molecular weight is 358 g/mol. The topological polar surface area (TPSA) is 97.6 Å². The van der Waals surface area contributed by atoms with Crippen LogP contribution in [0.4, 0.5) is 5.69 Å². The zero-order valence-electron chi connectivity index (χ0n) is 15.1. The fraction of sp³-hybridized carbons (Fsp3) is 0.444. The molecule has 2 heterocycles. The number of anilines is 1. The number of fused-ring (bicyclic) bond motifs is 1. The minimum Gasteiger partial charge on any atom is -0.497 e. The van der Waals surface area contributed by atoms with Crippen molar-refractivity contribution in [3.05, 3.63) is 35.5 Å². The standard InChI is InChI=1S/C18H22N4O4/c1-4-16-20-21-17(26-16)10-22(5-2)18(24)13-9-15(23)19-14-7-6-11(25-3)8-12(13)14/h6-8,13H,4-5,9-10H2,1-3H3,(H,19,23)/t13-/m0/s1. The first-order valence-corrected chi connectivity index (χ1v) is 8.63. The SMILES string of the molecule is CCc1nnc(CN(CC)C(=O)[C@H]2CC(=O)Nc3ccc(OC)cc32)o1. The fourth-order valence-electron chi connectivity index (χ4n) is 3.01. The predicted octanol–water partition coefficient (Wildman–Crippen LogP) is 2.12. The van der Waals surface area contributed by atoms with Crippen molar-refractivity contribution in [2.45, 2.75) is 39.2 Å². The molecule has 0 radical (unpaired) electrons. The maximum absolute atomic E-state index is 13.1. The van der Waals surface area contributed by atoms with Gasteiger partial charge in [0.15, 0.2) is 0 Å². The minimum atomic E-state index is -0.567. The summed E-state index contributed by atoms with van der Waals surface area (Å²) in [6.45, 7) is 4.50. The Morgan fingerprint density at radius 1 is 1.35 bits per heavy atom. The van der Waals surface area contributed by atoms with E-state index in [1.165, 1.54) is 0 Å². The molecule has 0 aliphatic carbocycles. The van der Waals surface area contributed by atoms with Crippen LogP contribution in [0.3, 0.4) is 0 Å². The second kappa shape index (κ2) is 7.55. The van der Waals surface area contributed by atoms with Crippen LogP contribution >= 0.6 is 0 Å². The molecule has 1 aromatic heterocycles. The number of carbonyl (C=O) groups is 2. The third kappa shape index (κ3) is 3.54. The molecule has 1 aromatic carbocycles. The van der Waals surface area contributed by atoms with E-state index in [-0.39, 0.29) is 24.8 Å². The van der Waals surface area contributed by atoms with Crippen LogP contribution in [-0.2, 0) is 22.6 Å². The number of rotatable bonds is 6. The number of aromatic nitrogens is 2. The highest BCUT2D eigenvalue weighted by molar-refractivity contribution is 6.01. The molecule has 1 aliphatic heterocycles. The lowest BCUT2D eigenvalue weighted by Crippen LogP contribution is -2.38. The van der Waals surface area contributed by atoms with Crippen LogP contribution in [0.5, 0.6) is 5.75 Å². The quantitative estimate of drug-likeness (QED) is 0.849. The van der Waals surface area contributed by atoms with Gasteiger partial charge in [0.05, 0.1) is 19.6 Å². The van der Waals surface area contributed by atoms with Crippen LogP contribution in [0.2, 0.25) is 0 Å². The van der Waals surface area contributed by atoms with Gasteiger partial charge < -0.3 is 19.4 Å². The molecule has 2 amide bonds. The van der Waals surface area contributed by atoms with Crippen molar-refractivity contribution < 1.29 is 18.7 Å². The van der Waals surface area contributed by atoms with Gasteiger partial charge in [-0.2, -0.15) is 0 Å². The number of carbonyl (C=O) groups excluding carboxylic acids is 2. The van der Waals surface area contributed by atoms with Gasteiger partial charge in [0, 0.05) is 25.1 Å². The van der Waals surface area contributed by atoms with Crippen molar-refractivity contribution in [3.63, 3.8) is 0 Å². The molecular formula is C18H22N4O4. The van der Waals surface area contributed by atoms with Gasteiger partial charge in [-0.25, -0.2) is 0 Å². The summed E-state index contributed by atoms with van der Waals surface area (Å²) >= 11 is 0. The Labute approximate surface area is 151 Å². The van der Waals surface area contributed by atoms with Gasteiger partial charge in [0.2, 0.25) is 23.6 Å². The summed E-state index contributed by atoms with van der Waals surface area (Å²) in [5.41, 5.74) is 1.40. The van der Waals surface area contributed by atoms with Crippen LogP contribution < -0.4 is 10.1 Å².